The molecule has 1 aromatic heterocycles. The molecular weight excluding hydrogens is 218 g/mol. The van der Waals surface area contributed by atoms with Crippen LogP contribution in [0.5, 0.6) is 0 Å². The largest absolute Gasteiger partial charge is 0.396 e. The molecular formula is C12H21N3O2. The number of aromatic nitrogens is 2. The van der Waals surface area contributed by atoms with Crippen molar-refractivity contribution in [3.63, 3.8) is 0 Å². The van der Waals surface area contributed by atoms with Crippen molar-refractivity contribution in [3.8, 4) is 0 Å². The van der Waals surface area contributed by atoms with Crippen LogP contribution in [0.3, 0.4) is 0 Å². The molecule has 0 aliphatic heterocycles. The van der Waals surface area contributed by atoms with E-state index in [0.717, 1.165) is 0 Å². The average Bonchev–Trinajstić information content (AvgIpc) is 2.76. The SMILES string of the molecule is CC(C)(CCO)CNC(=O)CCn1cccn1. The van der Waals surface area contributed by atoms with E-state index >= 15 is 0 Å². The van der Waals surface area contributed by atoms with Crippen molar-refractivity contribution in [1.82, 2.24) is 15.1 Å². The van der Waals surface area contributed by atoms with Gasteiger partial charge in [-0.3, -0.25) is 9.48 Å². The molecule has 5 heteroatoms. The summed E-state index contributed by atoms with van der Waals surface area (Å²) in [4.78, 5) is 11.6. The molecule has 0 bridgehead atoms. The van der Waals surface area contributed by atoms with Gasteiger partial charge in [0.2, 0.25) is 5.91 Å². The van der Waals surface area contributed by atoms with Crippen molar-refractivity contribution in [3.05, 3.63) is 18.5 Å². The quantitative estimate of drug-likeness (QED) is 0.739. The second kappa shape index (κ2) is 6.39. The number of carbonyl (C=O) groups excluding carboxylic acids is 1. The fourth-order valence-corrected chi connectivity index (χ4v) is 1.47. The molecule has 1 amide bonds. The highest BCUT2D eigenvalue weighted by Crippen LogP contribution is 2.17. The maximum atomic E-state index is 11.6. The number of aliphatic hydroxyl groups is 1. The Hall–Kier alpha value is -1.36. The molecule has 2 N–H and O–H groups in total. The molecule has 0 saturated heterocycles. The Morgan fingerprint density at radius 1 is 1.53 bits per heavy atom. The van der Waals surface area contributed by atoms with Crippen LogP contribution in [0.15, 0.2) is 18.5 Å². The van der Waals surface area contributed by atoms with Gasteiger partial charge in [0.25, 0.3) is 0 Å². The maximum absolute atomic E-state index is 11.6. The van der Waals surface area contributed by atoms with Crippen molar-refractivity contribution in [2.24, 2.45) is 5.41 Å². The molecule has 0 spiro atoms. The second-order valence-electron chi connectivity index (χ2n) is 4.93. The molecule has 0 atom stereocenters. The van der Waals surface area contributed by atoms with E-state index in [1.807, 2.05) is 26.1 Å². The van der Waals surface area contributed by atoms with Gasteiger partial charge in [0.15, 0.2) is 0 Å². The lowest BCUT2D eigenvalue weighted by Gasteiger charge is -2.23. The van der Waals surface area contributed by atoms with E-state index in [9.17, 15) is 4.79 Å². The standard InChI is InChI=1S/C12H21N3O2/c1-12(2,5-9-16)10-13-11(17)4-8-15-7-3-6-14-15/h3,6-7,16H,4-5,8-10H2,1-2H3,(H,13,17). The monoisotopic (exact) mass is 239 g/mol. The number of nitrogens with one attached hydrogen (secondary N) is 1. The van der Waals surface area contributed by atoms with Gasteiger partial charge in [0, 0.05) is 38.5 Å². The molecule has 0 radical (unpaired) electrons. The summed E-state index contributed by atoms with van der Waals surface area (Å²) >= 11 is 0. The molecule has 1 aromatic rings. The van der Waals surface area contributed by atoms with Crippen LogP contribution in [-0.2, 0) is 11.3 Å². The van der Waals surface area contributed by atoms with Crippen LogP contribution in [-0.4, -0.2) is 33.9 Å². The second-order valence-corrected chi connectivity index (χ2v) is 4.93. The van der Waals surface area contributed by atoms with Gasteiger partial charge in [-0.2, -0.15) is 5.10 Å². The molecule has 1 heterocycles. The van der Waals surface area contributed by atoms with Crippen molar-refractivity contribution < 1.29 is 9.90 Å². The first-order chi connectivity index (χ1) is 8.03. The predicted octanol–water partition coefficient (Wildman–Crippen LogP) is 0.798. The molecule has 17 heavy (non-hydrogen) atoms. The van der Waals surface area contributed by atoms with Gasteiger partial charge < -0.3 is 10.4 Å². The predicted molar refractivity (Wildman–Crippen MR) is 65.3 cm³/mol. The summed E-state index contributed by atoms with van der Waals surface area (Å²) in [5.74, 6) is 0.0199. The fourth-order valence-electron chi connectivity index (χ4n) is 1.47. The van der Waals surface area contributed by atoms with Crippen LogP contribution < -0.4 is 5.32 Å². The van der Waals surface area contributed by atoms with Crippen LogP contribution in [0.4, 0.5) is 0 Å². The Morgan fingerprint density at radius 3 is 2.88 bits per heavy atom. The number of nitrogens with zero attached hydrogens (tertiary/aromatic N) is 2. The highest BCUT2D eigenvalue weighted by atomic mass is 16.3. The minimum atomic E-state index is -0.0594. The van der Waals surface area contributed by atoms with Crippen molar-refractivity contribution >= 4 is 5.91 Å². The Labute approximate surface area is 102 Å². The zero-order valence-electron chi connectivity index (χ0n) is 10.5. The summed E-state index contributed by atoms with van der Waals surface area (Å²) in [5, 5.41) is 15.8. The summed E-state index contributed by atoms with van der Waals surface area (Å²) in [7, 11) is 0. The topological polar surface area (TPSA) is 67.2 Å². The molecule has 5 nitrogen and oxygen atoms in total. The Kier molecular flexibility index (Phi) is 5.15. The van der Waals surface area contributed by atoms with Crippen molar-refractivity contribution in [2.45, 2.75) is 33.2 Å². The van der Waals surface area contributed by atoms with Gasteiger partial charge in [-0.15, -0.1) is 0 Å². The van der Waals surface area contributed by atoms with E-state index in [2.05, 4.69) is 10.4 Å². The Balaban J connectivity index is 2.21. The van der Waals surface area contributed by atoms with Crippen molar-refractivity contribution in [2.75, 3.05) is 13.2 Å². The zero-order valence-corrected chi connectivity index (χ0v) is 10.5. The van der Waals surface area contributed by atoms with Crippen LogP contribution in [0.25, 0.3) is 0 Å². The van der Waals surface area contributed by atoms with Gasteiger partial charge in [-0.05, 0) is 17.9 Å². The van der Waals surface area contributed by atoms with Gasteiger partial charge >= 0.3 is 0 Å². The summed E-state index contributed by atoms with van der Waals surface area (Å²) in [6.45, 7) is 5.38. The molecule has 0 fully saturated rings. The molecule has 1 rings (SSSR count). The third-order valence-electron chi connectivity index (χ3n) is 2.68. The zero-order chi connectivity index (χ0) is 12.7. The molecule has 96 valence electrons. The number of amides is 1. The van der Waals surface area contributed by atoms with Gasteiger partial charge in [0.05, 0.1) is 0 Å². The lowest BCUT2D eigenvalue weighted by molar-refractivity contribution is -0.121. The van der Waals surface area contributed by atoms with E-state index in [1.54, 1.807) is 10.9 Å². The number of rotatable bonds is 7. The fraction of sp³-hybridized carbons (Fsp3) is 0.667. The molecule has 0 aromatic carbocycles. The number of aryl methyl sites for hydroxylation is 1. The molecule has 0 aliphatic rings. The lowest BCUT2D eigenvalue weighted by atomic mass is 9.90. The van der Waals surface area contributed by atoms with Crippen LogP contribution in [0, 0.1) is 5.41 Å². The summed E-state index contributed by atoms with van der Waals surface area (Å²) in [6, 6.07) is 1.84. The summed E-state index contributed by atoms with van der Waals surface area (Å²) < 4.78 is 1.73. The summed E-state index contributed by atoms with van der Waals surface area (Å²) in [5.41, 5.74) is -0.0594. The third-order valence-corrected chi connectivity index (χ3v) is 2.68. The summed E-state index contributed by atoms with van der Waals surface area (Å²) in [6.07, 6.45) is 4.65. The van der Waals surface area contributed by atoms with Crippen LogP contribution in [0.1, 0.15) is 26.7 Å². The highest BCUT2D eigenvalue weighted by Gasteiger charge is 2.17. The minimum Gasteiger partial charge on any atom is -0.396 e. The average molecular weight is 239 g/mol. The van der Waals surface area contributed by atoms with Crippen LogP contribution in [0.2, 0.25) is 0 Å². The van der Waals surface area contributed by atoms with E-state index in [1.165, 1.54) is 0 Å². The van der Waals surface area contributed by atoms with Crippen LogP contribution >= 0.6 is 0 Å². The first-order valence-electron chi connectivity index (χ1n) is 5.88. The lowest BCUT2D eigenvalue weighted by Crippen LogP contribution is -2.34. The number of aliphatic hydroxyl groups excluding tert-OH is 1. The first kappa shape index (κ1) is 13.7. The molecule has 0 unspecified atom stereocenters. The number of hydrogen-bond acceptors (Lipinski definition) is 3. The van der Waals surface area contributed by atoms with E-state index < -0.39 is 0 Å². The van der Waals surface area contributed by atoms with Crippen molar-refractivity contribution in [1.29, 1.82) is 0 Å². The molecule has 0 aliphatic carbocycles. The van der Waals surface area contributed by atoms with Gasteiger partial charge in [-0.1, -0.05) is 13.8 Å². The third kappa shape index (κ3) is 5.49. The van der Waals surface area contributed by atoms with E-state index in [4.69, 9.17) is 5.11 Å². The number of carbonyl (C=O) groups is 1. The maximum Gasteiger partial charge on any atom is 0.221 e. The first-order valence-corrected chi connectivity index (χ1v) is 5.88. The Morgan fingerprint density at radius 2 is 2.29 bits per heavy atom. The van der Waals surface area contributed by atoms with Gasteiger partial charge in [-0.25, -0.2) is 0 Å². The van der Waals surface area contributed by atoms with Gasteiger partial charge in [0.1, 0.15) is 0 Å². The van der Waals surface area contributed by atoms with E-state index in [0.29, 0.717) is 25.9 Å². The molecule has 0 saturated carbocycles. The van der Waals surface area contributed by atoms with E-state index in [-0.39, 0.29) is 17.9 Å². The highest BCUT2D eigenvalue weighted by molar-refractivity contribution is 5.75. The minimum absolute atomic E-state index is 0.0199. The normalized spacial score (nSPS) is 11.5. The smallest absolute Gasteiger partial charge is 0.221 e. The Bertz CT molecular complexity index is 334. The number of hydrogen-bond donors (Lipinski definition) is 2.